The van der Waals surface area contributed by atoms with Crippen LogP contribution in [0.1, 0.15) is 12.5 Å². The van der Waals surface area contributed by atoms with Gasteiger partial charge in [0.25, 0.3) is 0 Å². The first-order valence-electron chi connectivity index (χ1n) is 5.01. The molecule has 1 atom stereocenters. The SMILES string of the molecule is CC(CN)(CO)c1cc(Cl)c2c(c1)OCO2. The van der Waals surface area contributed by atoms with E-state index in [1.54, 1.807) is 6.07 Å². The van der Waals surface area contributed by atoms with Gasteiger partial charge < -0.3 is 20.3 Å². The van der Waals surface area contributed by atoms with E-state index in [1.807, 2.05) is 13.0 Å². The molecule has 0 radical (unpaired) electrons. The Morgan fingerprint density at radius 2 is 2.25 bits per heavy atom. The summed E-state index contributed by atoms with van der Waals surface area (Å²) in [5.41, 5.74) is 6.01. The maximum atomic E-state index is 9.38. The van der Waals surface area contributed by atoms with Crippen LogP contribution in [-0.4, -0.2) is 25.1 Å². The molecule has 0 aliphatic carbocycles. The Bertz CT molecular complexity index is 404. The molecular weight excluding hydrogens is 230 g/mol. The summed E-state index contributed by atoms with van der Waals surface area (Å²) in [5, 5.41) is 9.87. The van der Waals surface area contributed by atoms with E-state index in [9.17, 15) is 5.11 Å². The van der Waals surface area contributed by atoms with Crippen molar-refractivity contribution in [3.63, 3.8) is 0 Å². The van der Waals surface area contributed by atoms with Crippen molar-refractivity contribution in [2.75, 3.05) is 19.9 Å². The van der Waals surface area contributed by atoms with Crippen molar-refractivity contribution in [2.45, 2.75) is 12.3 Å². The quantitative estimate of drug-likeness (QED) is 0.839. The number of fused-ring (bicyclic) bond motifs is 1. The summed E-state index contributed by atoms with van der Waals surface area (Å²) >= 11 is 6.07. The van der Waals surface area contributed by atoms with Crippen molar-refractivity contribution in [2.24, 2.45) is 5.73 Å². The molecule has 3 N–H and O–H groups in total. The van der Waals surface area contributed by atoms with Gasteiger partial charge in [-0.05, 0) is 17.7 Å². The first kappa shape index (κ1) is 11.5. The van der Waals surface area contributed by atoms with E-state index in [0.29, 0.717) is 23.1 Å². The molecule has 1 aliphatic rings. The lowest BCUT2D eigenvalue weighted by molar-refractivity contribution is 0.173. The zero-order valence-electron chi connectivity index (χ0n) is 9.00. The Morgan fingerprint density at radius 1 is 1.50 bits per heavy atom. The summed E-state index contributed by atoms with van der Waals surface area (Å²) in [6, 6.07) is 3.58. The summed E-state index contributed by atoms with van der Waals surface area (Å²) < 4.78 is 10.5. The fraction of sp³-hybridized carbons (Fsp3) is 0.455. The molecule has 1 aromatic carbocycles. The fourth-order valence-corrected chi connectivity index (χ4v) is 1.85. The molecule has 88 valence electrons. The molecule has 16 heavy (non-hydrogen) atoms. The summed E-state index contributed by atoms with van der Waals surface area (Å²) in [6.45, 7) is 2.34. The van der Waals surface area contributed by atoms with Gasteiger partial charge >= 0.3 is 0 Å². The van der Waals surface area contributed by atoms with E-state index < -0.39 is 5.41 Å². The lowest BCUT2D eigenvalue weighted by atomic mass is 9.83. The fourth-order valence-electron chi connectivity index (χ4n) is 1.59. The van der Waals surface area contributed by atoms with Gasteiger partial charge in [0.05, 0.1) is 11.6 Å². The van der Waals surface area contributed by atoms with Crippen molar-refractivity contribution in [1.29, 1.82) is 0 Å². The van der Waals surface area contributed by atoms with E-state index in [0.717, 1.165) is 5.56 Å². The van der Waals surface area contributed by atoms with E-state index >= 15 is 0 Å². The molecule has 0 saturated heterocycles. The van der Waals surface area contributed by atoms with E-state index in [4.69, 9.17) is 26.8 Å². The summed E-state index contributed by atoms with van der Waals surface area (Å²) in [6.07, 6.45) is 0. The molecule has 1 aromatic rings. The number of benzene rings is 1. The minimum absolute atomic E-state index is 0.0422. The highest BCUT2D eigenvalue weighted by Gasteiger charge is 2.28. The van der Waals surface area contributed by atoms with E-state index in [-0.39, 0.29) is 13.4 Å². The van der Waals surface area contributed by atoms with Gasteiger partial charge in [0.15, 0.2) is 11.5 Å². The number of hydrogen-bond acceptors (Lipinski definition) is 4. The highest BCUT2D eigenvalue weighted by molar-refractivity contribution is 6.32. The van der Waals surface area contributed by atoms with Crippen LogP contribution in [0.5, 0.6) is 11.5 Å². The zero-order valence-corrected chi connectivity index (χ0v) is 9.75. The monoisotopic (exact) mass is 243 g/mol. The Balaban J connectivity index is 2.47. The minimum atomic E-state index is -0.509. The first-order chi connectivity index (χ1) is 7.60. The molecule has 0 fully saturated rings. The van der Waals surface area contributed by atoms with Crippen LogP contribution in [0.4, 0.5) is 0 Å². The Labute approximate surface area is 98.9 Å². The maximum Gasteiger partial charge on any atom is 0.231 e. The predicted octanol–water partition coefficient (Wildman–Crippen LogP) is 1.28. The first-order valence-corrected chi connectivity index (χ1v) is 5.39. The molecule has 0 amide bonds. The molecule has 2 rings (SSSR count). The third-order valence-electron chi connectivity index (χ3n) is 2.92. The Hall–Kier alpha value is -0.970. The smallest absolute Gasteiger partial charge is 0.231 e. The molecule has 4 nitrogen and oxygen atoms in total. The van der Waals surface area contributed by atoms with Crippen LogP contribution in [0.3, 0.4) is 0 Å². The predicted molar refractivity (Wildman–Crippen MR) is 61.1 cm³/mol. The van der Waals surface area contributed by atoms with Crippen molar-refractivity contribution in [3.05, 3.63) is 22.7 Å². The molecule has 1 heterocycles. The minimum Gasteiger partial charge on any atom is -0.454 e. The number of ether oxygens (including phenoxy) is 2. The molecular formula is C11H14ClNO3. The standard InChI is InChI=1S/C11H14ClNO3/c1-11(4-13,5-14)7-2-8(12)10-9(3-7)15-6-16-10/h2-3,14H,4-6,13H2,1H3. The number of nitrogens with two attached hydrogens (primary N) is 1. The van der Waals surface area contributed by atoms with Gasteiger partial charge in [-0.3, -0.25) is 0 Å². The van der Waals surface area contributed by atoms with Crippen LogP contribution >= 0.6 is 11.6 Å². The summed E-state index contributed by atoms with van der Waals surface area (Å²) in [4.78, 5) is 0. The van der Waals surface area contributed by atoms with Gasteiger partial charge in [-0.15, -0.1) is 0 Å². The highest BCUT2D eigenvalue weighted by Crippen LogP contribution is 2.42. The van der Waals surface area contributed by atoms with Crippen LogP contribution in [0.2, 0.25) is 5.02 Å². The number of rotatable bonds is 3. The molecule has 0 aromatic heterocycles. The van der Waals surface area contributed by atoms with Gasteiger partial charge in [-0.1, -0.05) is 18.5 Å². The van der Waals surface area contributed by atoms with Gasteiger partial charge in [0.2, 0.25) is 6.79 Å². The highest BCUT2D eigenvalue weighted by atomic mass is 35.5. The lowest BCUT2D eigenvalue weighted by Gasteiger charge is -2.26. The second kappa shape index (κ2) is 4.13. The van der Waals surface area contributed by atoms with Gasteiger partial charge in [0, 0.05) is 12.0 Å². The van der Waals surface area contributed by atoms with Crippen molar-refractivity contribution in [3.8, 4) is 11.5 Å². The van der Waals surface area contributed by atoms with Crippen LogP contribution in [0.15, 0.2) is 12.1 Å². The number of aliphatic hydroxyl groups is 1. The normalized spacial score (nSPS) is 17.2. The van der Waals surface area contributed by atoms with Crippen LogP contribution in [-0.2, 0) is 5.41 Å². The average molecular weight is 244 g/mol. The molecule has 5 heteroatoms. The van der Waals surface area contributed by atoms with Crippen molar-refractivity contribution >= 4 is 11.6 Å². The van der Waals surface area contributed by atoms with Crippen LogP contribution in [0, 0.1) is 0 Å². The topological polar surface area (TPSA) is 64.7 Å². The second-order valence-electron chi connectivity index (χ2n) is 4.11. The molecule has 0 spiro atoms. The van der Waals surface area contributed by atoms with Gasteiger partial charge in [0.1, 0.15) is 0 Å². The third-order valence-corrected chi connectivity index (χ3v) is 3.20. The summed E-state index contributed by atoms with van der Waals surface area (Å²) in [5.74, 6) is 1.17. The largest absolute Gasteiger partial charge is 0.454 e. The molecule has 1 unspecified atom stereocenters. The van der Waals surface area contributed by atoms with Crippen LogP contribution < -0.4 is 15.2 Å². The average Bonchev–Trinajstić information content (AvgIpc) is 2.76. The van der Waals surface area contributed by atoms with E-state index in [1.165, 1.54) is 0 Å². The zero-order chi connectivity index (χ0) is 11.8. The van der Waals surface area contributed by atoms with Crippen molar-refractivity contribution in [1.82, 2.24) is 0 Å². The summed E-state index contributed by atoms with van der Waals surface area (Å²) in [7, 11) is 0. The molecule has 0 bridgehead atoms. The number of aliphatic hydroxyl groups excluding tert-OH is 1. The van der Waals surface area contributed by atoms with Crippen LogP contribution in [0.25, 0.3) is 0 Å². The second-order valence-corrected chi connectivity index (χ2v) is 4.52. The molecule has 0 saturated carbocycles. The van der Waals surface area contributed by atoms with Gasteiger partial charge in [-0.25, -0.2) is 0 Å². The lowest BCUT2D eigenvalue weighted by Crippen LogP contribution is -2.35. The van der Waals surface area contributed by atoms with E-state index in [2.05, 4.69) is 0 Å². The van der Waals surface area contributed by atoms with Crippen molar-refractivity contribution < 1.29 is 14.6 Å². The Morgan fingerprint density at radius 3 is 2.88 bits per heavy atom. The number of hydrogen-bond donors (Lipinski definition) is 2. The Kier molecular flexibility index (Phi) is 2.97. The maximum absolute atomic E-state index is 9.38. The number of halogens is 1. The molecule has 1 aliphatic heterocycles. The third kappa shape index (κ3) is 1.73. The van der Waals surface area contributed by atoms with Gasteiger partial charge in [-0.2, -0.15) is 0 Å².